The maximum atomic E-state index is 14.7. The molecule has 20 heteroatoms. The number of imide groups is 1. The second-order valence-electron chi connectivity index (χ2n) is 12.6. The average molecular weight is 744 g/mol. The Morgan fingerprint density at radius 3 is 2.48 bits per heavy atom. The van der Waals surface area contributed by atoms with E-state index in [1.165, 1.54) is 6.07 Å². The number of nitrogens with two attached hydrogens (primary N) is 1. The number of rotatable bonds is 8. The molecule has 274 valence electrons. The second-order valence-corrected chi connectivity index (χ2v) is 13.0. The van der Waals surface area contributed by atoms with Crippen LogP contribution >= 0.6 is 11.6 Å². The summed E-state index contributed by atoms with van der Waals surface area (Å²) in [6, 6.07) is 2.55. The number of nitrogens with zero attached hydrogens (tertiary/aromatic N) is 4. The van der Waals surface area contributed by atoms with Gasteiger partial charge in [0.2, 0.25) is 5.91 Å². The molecule has 1 aromatic heterocycles. The average Bonchev–Trinajstić information content (AvgIpc) is 3.50. The van der Waals surface area contributed by atoms with Crippen molar-refractivity contribution in [3.8, 4) is 17.2 Å². The highest BCUT2D eigenvalue weighted by atomic mass is 35.5. The van der Waals surface area contributed by atoms with Gasteiger partial charge in [0.25, 0.3) is 0 Å². The molecular formula is C32H33BClF2N7O9. The number of anilines is 1. The first-order valence-electron chi connectivity index (χ1n) is 16.1. The highest BCUT2D eigenvalue weighted by molar-refractivity contribution is 6.47. The van der Waals surface area contributed by atoms with Crippen LogP contribution in [-0.2, 0) is 17.8 Å². The summed E-state index contributed by atoms with van der Waals surface area (Å²) in [6.45, 7) is 2.16. The zero-order chi connectivity index (χ0) is 37.4. The van der Waals surface area contributed by atoms with Crippen molar-refractivity contribution >= 4 is 48.5 Å². The first-order valence-corrected chi connectivity index (χ1v) is 16.5. The van der Waals surface area contributed by atoms with E-state index in [0.29, 0.717) is 44.4 Å². The lowest BCUT2D eigenvalue weighted by Gasteiger charge is -2.36. The number of carboxylic acids is 1. The van der Waals surface area contributed by atoms with E-state index < -0.39 is 88.1 Å². The summed E-state index contributed by atoms with van der Waals surface area (Å²) >= 11 is 6.20. The molecule has 3 aliphatic rings. The van der Waals surface area contributed by atoms with Crippen LogP contribution < -0.4 is 21.0 Å². The zero-order valence-corrected chi connectivity index (χ0v) is 28.0. The van der Waals surface area contributed by atoms with Gasteiger partial charge in [-0.15, -0.1) is 0 Å². The fourth-order valence-corrected chi connectivity index (χ4v) is 6.85. The highest BCUT2D eigenvalue weighted by Crippen LogP contribution is 2.41. The predicted molar refractivity (Wildman–Crippen MR) is 179 cm³/mol. The van der Waals surface area contributed by atoms with Crippen molar-refractivity contribution in [1.29, 1.82) is 0 Å². The normalized spacial score (nSPS) is 18.5. The van der Waals surface area contributed by atoms with Crippen molar-refractivity contribution in [3.63, 3.8) is 0 Å². The number of carbonyl (C=O) groups excluding carboxylic acids is 3. The maximum Gasteiger partial charge on any atom is 0.547 e. The number of benzene rings is 2. The lowest BCUT2D eigenvalue weighted by atomic mass is 9.72. The number of halogens is 3. The summed E-state index contributed by atoms with van der Waals surface area (Å²) < 4.78 is 34.1. The first kappa shape index (κ1) is 36.4. The lowest BCUT2D eigenvalue weighted by molar-refractivity contribution is -0.123. The lowest BCUT2D eigenvalue weighted by Crippen LogP contribution is -2.56. The summed E-state index contributed by atoms with van der Waals surface area (Å²) in [7, 11) is -1.91. The van der Waals surface area contributed by atoms with Crippen molar-refractivity contribution in [3.05, 3.63) is 75.4 Å². The number of amides is 5. The van der Waals surface area contributed by atoms with Crippen LogP contribution in [0.1, 0.15) is 45.9 Å². The first-order chi connectivity index (χ1) is 24.7. The van der Waals surface area contributed by atoms with E-state index in [4.69, 9.17) is 22.0 Å². The number of aromatic nitrogens is 1. The van der Waals surface area contributed by atoms with E-state index in [1.807, 2.05) is 6.07 Å². The molecule has 6 rings (SSSR count). The number of aromatic hydroxyl groups is 2. The maximum absolute atomic E-state index is 14.7. The van der Waals surface area contributed by atoms with Gasteiger partial charge in [-0.05, 0) is 48.6 Å². The van der Waals surface area contributed by atoms with E-state index in [2.05, 4.69) is 20.5 Å². The van der Waals surface area contributed by atoms with Crippen LogP contribution in [0, 0.1) is 11.6 Å². The molecule has 16 nitrogen and oxygen atoms in total. The number of nitrogen functional groups attached to an aromatic ring is 1. The monoisotopic (exact) mass is 743 g/mol. The molecule has 3 aliphatic heterocycles. The number of pyridine rings is 1. The Hall–Kier alpha value is -5.40. The molecule has 8 N–H and O–H groups in total. The molecule has 0 aliphatic carbocycles. The minimum atomic E-state index is -1.91. The molecule has 2 aromatic carbocycles. The molecule has 0 saturated carbocycles. The van der Waals surface area contributed by atoms with Crippen LogP contribution in [0.5, 0.6) is 17.2 Å². The Kier molecular flexibility index (Phi) is 10.3. The largest absolute Gasteiger partial charge is 0.547 e. The van der Waals surface area contributed by atoms with Gasteiger partial charge in [0.1, 0.15) is 29.0 Å². The quantitative estimate of drug-likeness (QED) is 0.130. The number of urea groups is 2. The molecule has 3 aromatic rings. The Labute approximate surface area is 299 Å². The molecular weight excluding hydrogens is 711 g/mol. The van der Waals surface area contributed by atoms with Crippen LogP contribution in [0.3, 0.4) is 0 Å². The molecule has 0 radical (unpaired) electrons. The number of carboxylic acid groups (broad SMARTS) is 1. The number of likely N-dealkylation sites (tertiary alicyclic amines) is 1. The van der Waals surface area contributed by atoms with E-state index in [9.17, 15) is 48.3 Å². The smallest absolute Gasteiger partial charge is 0.534 e. The molecule has 0 bridgehead atoms. The Morgan fingerprint density at radius 1 is 1.08 bits per heavy atom. The Morgan fingerprint density at radius 2 is 1.81 bits per heavy atom. The molecule has 2 saturated heterocycles. The summed E-state index contributed by atoms with van der Waals surface area (Å²) in [6.07, 6.45) is 2.71. The Balaban J connectivity index is 1.16. The number of fused-ring (bicyclic) bond motifs is 1. The van der Waals surface area contributed by atoms with Crippen LogP contribution in [0.4, 0.5) is 24.2 Å². The van der Waals surface area contributed by atoms with Gasteiger partial charge in [0.15, 0.2) is 17.3 Å². The van der Waals surface area contributed by atoms with Gasteiger partial charge < -0.3 is 46.3 Å². The fraction of sp³-hybridized carbons (Fsp3) is 0.344. The number of carbonyl (C=O) groups is 4. The van der Waals surface area contributed by atoms with E-state index >= 15 is 0 Å². The number of phenolic OH excluding ortho intramolecular Hbond substituents is 2. The summed E-state index contributed by atoms with van der Waals surface area (Å²) in [5, 5.41) is 44.3. The standard InChI is InChI=1S/C32H33BClF2N7O9/c34-24-18(12-20(36)26(44)27(24)45)25(29(46)39-21-11-16-2-3-19(35)23(30(47)48)28(16)52-33(21)51)40-31(49)43-10-9-42(32(43)50)17-5-7-41(8-6-17)14-15-1-4-22(37)38-13-15/h1-4,12-13,17,21,25,44-45,51H,5-11,14H2,(H2,37,38)(H,39,46)(H,40,49)(H,47,48). The number of hydrogen-bond acceptors (Lipinski definition) is 11. The van der Waals surface area contributed by atoms with Crippen molar-refractivity contribution < 1.29 is 53.0 Å². The minimum Gasteiger partial charge on any atom is -0.534 e. The van der Waals surface area contributed by atoms with Crippen molar-refractivity contribution in [2.45, 2.75) is 43.8 Å². The number of hydrogen-bond donors (Lipinski definition) is 7. The second kappa shape index (κ2) is 14.7. The summed E-state index contributed by atoms with van der Waals surface area (Å²) in [5.41, 5.74) is 5.46. The molecule has 2 fully saturated rings. The predicted octanol–water partition coefficient (Wildman–Crippen LogP) is 2.00. The van der Waals surface area contributed by atoms with Gasteiger partial charge in [-0.3, -0.25) is 9.69 Å². The third kappa shape index (κ3) is 7.19. The van der Waals surface area contributed by atoms with Crippen LogP contribution in [-0.4, -0.2) is 109 Å². The fourth-order valence-electron chi connectivity index (χ4n) is 6.60. The molecule has 5 amide bonds. The third-order valence-corrected chi connectivity index (χ3v) is 9.72. The van der Waals surface area contributed by atoms with Crippen LogP contribution in [0.15, 0.2) is 36.5 Å². The van der Waals surface area contributed by atoms with Gasteiger partial charge in [0.05, 0.1) is 11.0 Å². The van der Waals surface area contributed by atoms with E-state index in [-0.39, 0.29) is 31.1 Å². The molecule has 0 spiro atoms. The van der Waals surface area contributed by atoms with E-state index in [0.717, 1.165) is 16.5 Å². The zero-order valence-electron chi connectivity index (χ0n) is 27.3. The Bertz CT molecular complexity index is 1920. The van der Waals surface area contributed by atoms with Crippen molar-refractivity contribution in [1.82, 2.24) is 30.3 Å². The molecule has 2 unspecified atom stereocenters. The third-order valence-electron chi connectivity index (χ3n) is 9.33. The van der Waals surface area contributed by atoms with Gasteiger partial charge in [-0.2, -0.15) is 0 Å². The summed E-state index contributed by atoms with van der Waals surface area (Å²) in [5.74, 6) is -8.93. The van der Waals surface area contributed by atoms with Crippen molar-refractivity contribution in [2.75, 3.05) is 31.9 Å². The van der Waals surface area contributed by atoms with E-state index in [1.54, 1.807) is 17.2 Å². The highest BCUT2D eigenvalue weighted by Gasteiger charge is 2.43. The number of nitrogens with one attached hydrogen (secondary N) is 2. The van der Waals surface area contributed by atoms with Gasteiger partial charge in [0, 0.05) is 50.5 Å². The summed E-state index contributed by atoms with van der Waals surface area (Å²) in [4.78, 5) is 61.3. The van der Waals surface area contributed by atoms with Crippen LogP contribution in [0.2, 0.25) is 5.02 Å². The van der Waals surface area contributed by atoms with Gasteiger partial charge in [-0.1, -0.05) is 23.7 Å². The number of phenols is 2. The van der Waals surface area contributed by atoms with Crippen molar-refractivity contribution in [2.24, 2.45) is 0 Å². The number of aromatic carboxylic acids is 1. The topological polar surface area (TPSA) is 231 Å². The molecule has 4 heterocycles. The van der Waals surface area contributed by atoms with Gasteiger partial charge >= 0.3 is 25.1 Å². The van der Waals surface area contributed by atoms with Crippen LogP contribution in [0.25, 0.3) is 0 Å². The minimum absolute atomic E-state index is 0.0479. The van der Waals surface area contributed by atoms with Gasteiger partial charge in [-0.25, -0.2) is 33.0 Å². The number of piperidine rings is 1. The molecule has 2 atom stereocenters. The molecule has 52 heavy (non-hydrogen) atoms. The SMILES string of the molecule is Nc1ccc(CN2CCC(N3CCN(C(=O)NC(C(=O)NC4Cc5ccc(F)c(C(=O)O)c5OB4O)c4cc(F)c(O)c(O)c4Cl)C3=O)CC2)cn1.